The van der Waals surface area contributed by atoms with Gasteiger partial charge in [0.1, 0.15) is 11.5 Å². The van der Waals surface area contributed by atoms with Crippen LogP contribution < -0.4 is 10.6 Å². The molecule has 0 spiro atoms. The van der Waals surface area contributed by atoms with Gasteiger partial charge in [0.2, 0.25) is 0 Å². The van der Waals surface area contributed by atoms with Crippen LogP contribution in [0.2, 0.25) is 0 Å². The molecule has 0 radical (unpaired) electrons. The molecule has 5 N–H and O–H groups in total. The number of nitrogens with zero attached hydrogens (tertiary/aromatic N) is 3. The fraction of sp³-hybridized carbons (Fsp3) is 0.0952. The van der Waals surface area contributed by atoms with Crippen LogP contribution >= 0.6 is 0 Å². The van der Waals surface area contributed by atoms with E-state index in [9.17, 15) is 20.1 Å². The van der Waals surface area contributed by atoms with Gasteiger partial charge in [-0.05, 0) is 74.0 Å². The van der Waals surface area contributed by atoms with Crippen LogP contribution in [0.3, 0.4) is 0 Å². The van der Waals surface area contributed by atoms with Crippen molar-refractivity contribution in [2.75, 3.05) is 10.6 Å². The van der Waals surface area contributed by atoms with Crippen LogP contribution in [0.15, 0.2) is 109 Å². The fourth-order valence-electron chi connectivity index (χ4n) is 6.84. The largest absolute Gasteiger partial charge is 0.508 e. The number of benzene rings is 5. The summed E-state index contributed by atoms with van der Waals surface area (Å²) in [6, 6.07) is 33.4. The highest BCUT2D eigenvalue weighted by Crippen LogP contribution is 2.42. The minimum Gasteiger partial charge on any atom is -0.508 e. The topological polar surface area (TPSA) is 140 Å². The van der Waals surface area contributed by atoms with Crippen molar-refractivity contribution < 1.29 is 20.1 Å². The van der Waals surface area contributed by atoms with E-state index in [0.717, 1.165) is 44.6 Å². The zero-order valence-electron chi connectivity index (χ0n) is 27.9. The van der Waals surface area contributed by atoms with E-state index in [2.05, 4.69) is 10.6 Å². The van der Waals surface area contributed by atoms with Crippen molar-refractivity contribution in [1.82, 2.24) is 15.0 Å². The maximum absolute atomic E-state index is 12.6. The molecule has 0 atom stereocenters. The number of para-hydroxylation sites is 2. The number of hydrogen-bond acceptors (Lipinski definition) is 8. The summed E-state index contributed by atoms with van der Waals surface area (Å²) < 4.78 is 0. The summed E-state index contributed by atoms with van der Waals surface area (Å²) in [6.45, 7) is 4.28. The lowest BCUT2D eigenvalue weighted by molar-refractivity contribution is 0.0697. The number of anilines is 2. The second-order valence-corrected chi connectivity index (χ2v) is 12.6. The van der Waals surface area contributed by atoms with E-state index in [1.165, 1.54) is 0 Å². The SMILES string of the molecule is Cc1ccc2cccc(NCc3c(O)ccc4c(-c5ccccc5C(=O)O)c5ccc(O)c(CNc6cccc7ccc(C)nc67)c5nc34)c2n1. The predicted molar refractivity (Wildman–Crippen MR) is 203 cm³/mol. The second-order valence-electron chi connectivity index (χ2n) is 12.6. The number of fused-ring (bicyclic) bond motifs is 4. The van der Waals surface area contributed by atoms with Gasteiger partial charge in [-0.25, -0.2) is 9.78 Å². The monoisotopic (exact) mass is 671 g/mol. The molecule has 3 heterocycles. The average Bonchev–Trinajstić information content (AvgIpc) is 3.13. The van der Waals surface area contributed by atoms with Crippen LogP contribution in [0.1, 0.15) is 32.9 Å². The molecule has 0 saturated heterocycles. The van der Waals surface area contributed by atoms with E-state index in [4.69, 9.17) is 15.0 Å². The molecule has 9 heteroatoms. The van der Waals surface area contributed by atoms with E-state index in [0.29, 0.717) is 44.1 Å². The Hall–Kier alpha value is -6.74. The van der Waals surface area contributed by atoms with Gasteiger partial charge in [-0.15, -0.1) is 0 Å². The minimum absolute atomic E-state index is 0.0284. The zero-order valence-corrected chi connectivity index (χ0v) is 27.9. The molecule has 0 saturated carbocycles. The maximum Gasteiger partial charge on any atom is 0.336 e. The van der Waals surface area contributed by atoms with Gasteiger partial charge in [0, 0.05) is 62.7 Å². The summed E-state index contributed by atoms with van der Waals surface area (Å²) in [6.07, 6.45) is 0. The number of hydrogen-bond donors (Lipinski definition) is 5. The Morgan fingerprint density at radius 2 is 1.08 bits per heavy atom. The summed E-state index contributed by atoms with van der Waals surface area (Å²) in [5.41, 5.74) is 8.23. The van der Waals surface area contributed by atoms with Crippen molar-refractivity contribution in [3.05, 3.63) is 137 Å². The van der Waals surface area contributed by atoms with Crippen LogP contribution in [0.25, 0.3) is 54.7 Å². The first-order chi connectivity index (χ1) is 24.8. The molecule has 0 fully saturated rings. The van der Waals surface area contributed by atoms with E-state index < -0.39 is 5.97 Å². The minimum atomic E-state index is -1.07. The Balaban J connectivity index is 1.34. The highest BCUT2D eigenvalue weighted by atomic mass is 16.4. The number of carboxylic acids is 1. The third-order valence-corrected chi connectivity index (χ3v) is 9.34. The molecule has 0 aliphatic carbocycles. The number of carbonyl (C=O) groups is 1. The lowest BCUT2D eigenvalue weighted by atomic mass is 9.90. The highest BCUT2D eigenvalue weighted by Gasteiger charge is 2.23. The van der Waals surface area contributed by atoms with Crippen molar-refractivity contribution in [2.45, 2.75) is 26.9 Å². The molecule has 250 valence electrons. The normalized spacial score (nSPS) is 11.4. The van der Waals surface area contributed by atoms with E-state index in [-0.39, 0.29) is 30.2 Å². The van der Waals surface area contributed by atoms with Gasteiger partial charge in [0.25, 0.3) is 0 Å². The molecular formula is C42H33N5O4. The van der Waals surface area contributed by atoms with Crippen LogP contribution in [-0.4, -0.2) is 36.2 Å². The molecule has 3 aromatic heterocycles. The average molecular weight is 672 g/mol. The maximum atomic E-state index is 12.6. The molecule has 0 unspecified atom stereocenters. The number of carboxylic acid groups (broad SMARTS) is 1. The molecule has 51 heavy (non-hydrogen) atoms. The molecule has 5 aromatic carbocycles. The van der Waals surface area contributed by atoms with Crippen molar-refractivity contribution in [1.29, 1.82) is 0 Å². The number of aromatic nitrogens is 3. The van der Waals surface area contributed by atoms with Gasteiger partial charge in [-0.1, -0.05) is 54.6 Å². The smallest absolute Gasteiger partial charge is 0.336 e. The number of aryl methyl sites for hydroxylation is 2. The number of aromatic hydroxyl groups is 2. The first-order valence-corrected chi connectivity index (χ1v) is 16.6. The van der Waals surface area contributed by atoms with Crippen molar-refractivity contribution in [2.24, 2.45) is 0 Å². The van der Waals surface area contributed by atoms with E-state index in [1.807, 2.05) is 74.5 Å². The lowest BCUT2D eigenvalue weighted by Gasteiger charge is -2.19. The molecule has 9 nitrogen and oxygen atoms in total. The van der Waals surface area contributed by atoms with Crippen molar-refractivity contribution in [3.8, 4) is 22.6 Å². The Morgan fingerprint density at radius 3 is 1.59 bits per heavy atom. The molecule has 0 aliphatic heterocycles. The third-order valence-electron chi connectivity index (χ3n) is 9.34. The quantitative estimate of drug-likeness (QED) is 0.100. The molecule has 8 aromatic rings. The molecule has 0 amide bonds. The molecule has 0 aliphatic rings. The Morgan fingerprint density at radius 1 is 0.569 bits per heavy atom. The second kappa shape index (κ2) is 12.6. The van der Waals surface area contributed by atoms with Gasteiger partial charge >= 0.3 is 5.97 Å². The van der Waals surface area contributed by atoms with Crippen LogP contribution in [0.4, 0.5) is 11.4 Å². The molecular weight excluding hydrogens is 638 g/mol. The first kappa shape index (κ1) is 31.5. The number of rotatable bonds is 8. The standard InChI is InChI=1S/C42H33N5O4/c1-23-13-15-25-7-5-11-33(38(25)45-23)43-21-31-35(48)19-17-29-37(27-9-3-4-10-28(27)42(50)51)30-18-20-36(49)32(41(30)47-40(29)31)22-44-34-12-6-8-26-16-14-24(2)46-39(26)34/h3-20,43-44,48-49H,21-22H2,1-2H3,(H,50,51). The predicted octanol–water partition coefficient (Wildman–Crippen LogP) is 9.10. The first-order valence-electron chi connectivity index (χ1n) is 16.6. The summed E-state index contributed by atoms with van der Waals surface area (Å²) >= 11 is 0. The van der Waals surface area contributed by atoms with E-state index in [1.54, 1.807) is 48.5 Å². The lowest BCUT2D eigenvalue weighted by Crippen LogP contribution is -2.06. The molecule has 0 bridgehead atoms. The highest BCUT2D eigenvalue weighted by molar-refractivity contribution is 6.14. The number of nitrogens with one attached hydrogen (secondary N) is 2. The van der Waals surface area contributed by atoms with Gasteiger partial charge < -0.3 is 26.0 Å². The Labute approximate surface area is 292 Å². The Bertz CT molecular complexity index is 2540. The Kier molecular flexibility index (Phi) is 7.80. The summed E-state index contributed by atoms with van der Waals surface area (Å²) in [5.74, 6) is -1.01. The van der Waals surface area contributed by atoms with Gasteiger partial charge in [-0.2, -0.15) is 0 Å². The summed E-state index contributed by atoms with van der Waals surface area (Å²) in [5, 5.41) is 43.2. The number of pyridine rings is 3. The van der Waals surface area contributed by atoms with E-state index >= 15 is 0 Å². The molecule has 8 rings (SSSR count). The van der Waals surface area contributed by atoms with Gasteiger partial charge in [0.15, 0.2) is 0 Å². The fourth-order valence-corrected chi connectivity index (χ4v) is 6.84. The third kappa shape index (κ3) is 5.64. The van der Waals surface area contributed by atoms with Crippen molar-refractivity contribution >= 4 is 61.0 Å². The van der Waals surface area contributed by atoms with Crippen LogP contribution in [0, 0.1) is 13.8 Å². The summed E-state index contributed by atoms with van der Waals surface area (Å²) in [4.78, 5) is 27.2. The van der Waals surface area contributed by atoms with Gasteiger partial charge in [-0.3, -0.25) is 9.97 Å². The zero-order chi connectivity index (χ0) is 35.2. The van der Waals surface area contributed by atoms with Crippen LogP contribution in [-0.2, 0) is 13.1 Å². The van der Waals surface area contributed by atoms with Crippen LogP contribution in [0.5, 0.6) is 11.5 Å². The number of aromatic carboxylic acids is 1. The number of phenolic OH excluding ortho intramolecular Hbond substituents is 2. The summed E-state index contributed by atoms with van der Waals surface area (Å²) in [7, 11) is 0. The number of phenols is 2. The van der Waals surface area contributed by atoms with Crippen molar-refractivity contribution in [3.63, 3.8) is 0 Å². The van der Waals surface area contributed by atoms with Gasteiger partial charge in [0.05, 0.1) is 39.0 Å².